The number of carbonyl (C=O) groups excluding carboxylic acids is 1. The summed E-state index contributed by atoms with van der Waals surface area (Å²) >= 11 is 0. The van der Waals surface area contributed by atoms with Crippen molar-refractivity contribution in [3.63, 3.8) is 0 Å². The van der Waals surface area contributed by atoms with Crippen LogP contribution in [0, 0.1) is 6.92 Å². The number of likely N-dealkylation sites (N-methyl/N-ethyl adjacent to an activating group) is 1. The molecule has 0 aliphatic carbocycles. The Kier molecular flexibility index (Phi) is 7.32. The van der Waals surface area contributed by atoms with Gasteiger partial charge in [-0.3, -0.25) is 4.79 Å². The molecule has 0 bridgehead atoms. The number of carbonyl (C=O) groups is 1. The Bertz CT molecular complexity index is 655. The first-order valence-corrected chi connectivity index (χ1v) is 7.65. The zero-order valence-corrected chi connectivity index (χ0v) is 15.1. The number of hydrogen-bond donors (Lipinski definition) is 2. The van der Waals surface area contributed by atoms with Crippen LogP contribution in [0.3, 0.4) is 0 Å². The highest BCUT2D eigenvalue weighted by molar-refractivity contribution is 5.85. The molecule has 1 amide bonds. The van der Waals surface area contributed by atoms with Crippen LogP contribution >= 0.6 is 24.8 Å². The van der Waals surface area contributed by atoms with Crippen molar-refractivity contribution in [3.05, 3.63) is 29.6 Å². The lowest BCUT2D eigenvalue weighted by molar-refractivity contribution is -0.135. The third kappa shape index (κ3) is 4.16. The second kappa shape index (κ2) is 8.52. The molecule has 1 atom stereocenters. The first kappa shape index (κ1) is 19.7. The number of fused-ring (bicyclic) bond motifs is 1. The number of para-hydroxylation sites is 1. The molecule has 1 saturated heterocycles. The second-order valence-electron chi connectivity index (χ2n) is 5.62. The van der Waals surface area contributed by atoms with Crippen LogP contribution in [-0.2, 0) is 11.2 Å². The first-order chi connectivity index (χ1) is 10.2. The minimum Gasteiger partial charge on any atom is -0.342 e. The van der Waals surface area contributed by atoms with E-state index in [1.807, 2.05) is 24.0 Å². The van der Waals surface area contributed by atoms with Crippen molar-refractivity contribution in [2.45, 2.75) is 32.7 Å². The Morgan fingerprint density at radius 3 is 2.70 bits per heavy atom. The van der Waals surface area contributed by atoms with E-state index in [1.54, 1.807) is 0 Å². The zero-order chi connectivity index (χ0) is 14.8. The molecule has 0 radical (unpaired) electrons. The van der Waals surface area contributed by atoms with E-state index in [4.69, 9.17) is 0 Å². The van der Waals surface area contributed by atoms with Crippen LogP contribution < -0.4 is 5.32 Å². The summed E-state index contributed by atoms with van der Waals surface area (Å²) in [5.74, 6) is 1.17. The van der Waals surface area contributed by atoms with Crippen LogP contribution in [-0.4, -0.2) is 46.5 Å². The molecule has 23 heavy (non-hydrogen) atoms. The van der Waals surface area contributed by atoms with Crippen LogP contribution in [0.1, 0.15) is 24.7 Å². The normalized spacial score (nSPS) is 16.2. The summed E-state index contributed by atoms with van der Waals surface area (Å²) in [6.45, 7) is 6.51. The van der Waals surface area contributed by atoms with E-state index in [2.05, 4.69) is 28.3 Å². The minimum absolute atomic E-state index is 0. The predicted molar refractivity (Wildman–Crippen MR) is 97.7 cm³/mol. The van der Waals surface area contributed by atoms with Crippen molar-refractivity contribution >= 4 is 41.8 Å². The maximum Gasteiger partial charge on any atom is 0.239 e. The summed E-state index contributed by atoms with van der Waals surface area (Å²) in [6, 6.07) is 6.17. The number of imidazole rings is 1. The number of aromatic nitrogens is 2. The van der Waals surface area contributed by atoms with E-state index < -0.39 is 0 Å². The van der Waals surface area contributed by atoms with E-state index >= 15 is 0 Å². The van der Waals surface area contributed by atoms with Gasteiger partial charge in [-0.15, -0.1) is 24.8 Å². The summed E-state index contributed by atoms with van der Waals surface area (Å²) in [6.07, 6.45) is 1.72. The fourth-order valence-corrected chi connectivity index (χ4v) is 2.73. The van der Waals surface area contributed by atoms with Gasteiger partial charge in [-0.25, -0.2) is 4.98 Å². The smallest absolute Gasteiger partial charge is 0.239 e. The number of amides is 1. The Hall–Kier alpha value is -1.30. The highest BCUT2D eigenvalue weighted by Crippen LogP contribution is 2.16. The van der Waals surface area contributed by atoms with Gasteiger partial charge in [-0.1, -0.05) is 12.1 Å². The largest absolute Gasteiger partial charge is 0.342 e. The van der Waals surface area contributed by atoms with Gasteiger partial charge in [-0.2, -0.15) is 0 Å². The number of halogens is 2. The molecule has 5 nitrogen and oxygen atoms in total. The number of aryl methyl sites for hydroxylation is 1. The summed E-state index contributed by atoms with van der Waals surface area (Å²) < 4.78 is 0. The van der Waals surface area contributed by atoms with Gasteiger partial charge >= 0.3 is 0 Å². The molecule has 7 heteroatoms. The Balaban J connectivity index is 0.00000132. The summed E-state index contributed by atoms with van der Waals surface area (Å²) in [7, 11) is 0. The number of H-pyrrole nitrogens is 1. The summed E-state index contributed by atoms with van der Waals surface area (Å²) in [5.41, 5.74) is 3.28. The average Bonchev–Trinajstić information content (AvgIpc) is 2.82. The van der Waals surface area contributed by atoms with Gasteiger partial charge in [0.1, 0.15) is 5.82 Å². The third-order valence-corrected chi connectivity index (χ3v) is 4.20. The monoisotopic (exact) mass is 358 g/mol. The van der Waals surface area contributed by atoms with Crippen molar-refractivity contribution in [1.82, 2.24) is 20.2 Å². The fourth-order valence-electron chi connectivity index (χ4n) is 2.73. The Morgan fingerprint density at radius 1 is 1.39 bits per heavy atom. The summed E-state index contributed by atoms with van der Waals surface area (Å²) in [5, 5.41) is 3.17. The van der Waals surface area contributed by atoms with Crippen molar-refractivity contribution in [3.8, 4) is 0 Å². The van der Waals surface area contributed by atoms with Crippen LogP contribution in [0.15, 0.2) is 18.2 Å². The third-order valence-electron chi connectivity index (χ3n) is 4.20. The molecule has 128 valence electrons. The Labute approximate surface area is 149 Å². The maximum absolute atomic E-state index is 12.2. The number of aromatic amines is 1. The molecule has 1 aromatic carbocycles. The van der Waals surface area contributed by atoms with Gasteiger partial charge in [0.2, 0.25) is 5.91 Å². The van der Waals surface area contributed by atoms with Crippen molar-refractivity contribution in [1.29, 1.82) is 0 Å². The molecule has 2 heterocycles. The molecule has 1 unspecified atom stereocenters. The standard InChI is InChI=1S/C16H22N4O.2ClH/c1-3-20(16(21)13-7-9-17-13)10-8-14-18-12-6-4-5-11(2)15(12)19-14;;/h4-6,13,17H,3,7-10H2,1-2H3,(H,18,19);2*1H. The molecular formula is C16H24Cl2N4O. The molecule has 1 fully saturated rings. The van der Waals surface area contributed by atoms with Crippen LogP contribution in [0.4, 0.5) is 0 Å². The lowest BCUT2D eigenvalue weighted by atomic mass is 10.1. The Morgan fingerprint density at radius 2 is 2.13 bits per heavy atom. The molecular weight excluding hydrogens is 335 g/mol. The molecule has 2 aromatic rings. The predicted octanol–water partition coefficient (Wildman–Crippen LogP) is 2.47. The number of nitrogens with one attached hydrogen (secondary N) is 2. The molecule has 3 rings (SSSR count). The highest BCUT2D eigenvalue weighted by Gasteiger charge is 2.28. The first-order valence-electron chi connectivity index (χ1n) is 7.65. The SMILES string of the molecule is CCN(CCc1nc2c(C)cccc2[nH]1)C(=O)C1CCN1.Cl.Cl. The average molecular weight is 359 g/mol. The lowest BCUT2D eigenvalue weighted by Gasteiger charge is -2.32. The molecule has 0 spiro atoms. The summed E-state index contributed by atoms with van der Waals surface area (Å²) in [4.78, 5) is 22.1. The van der Waals surface area contributed by atoms with Crippen LogP contribution in [0.2, 0.25) is 0 Å². The van der Waals surface area contributed by atoms with E-state index in [0.29, 0.717) is 6.54 Å². The number of nitrogens with zero attached hydrogens (tertiary/aromatic N) is 2. The van der Waals surface area contributed by atoms with Gasteiger partial charge in [-0.05, 0) is 38.4 Å². The van der Waals surface area contributed by atoms with E-state index in [1.165, 1.54) is 5.56 Å². The van der Waals surface area contributed by atoms with Crippen molar-refractivity contribution in [2.75, 3.05) is 19.6 Å². The zero-order valence-electron chi connectivity index (χ0n) is 13.5. The molecule has 2 N–H and O–H groups in total. The van der Waals surface area contributed by atoms with Gasteiger partial charge < -0.3 is 15.2 Å². The van der Waals surface area contributed by atoms with Crippen molar-refractivity contribution < 1.29 is 4.79 Å². The number of hydrogen-bond acceptors (Lipinski definition) is 3. The van der Waals surface area contributed by atoms with Gasteiger partial charge in [0.05, 0.1) is 17.1 Å². The van der Waals surface area contributed by atoms with Gasteiger partial charge in [0.25, 0.3) is 0 Å². The van der Waals surface area contributed by atoms with Gasteiger partial charge in [0, 0.05) is 19.5 Å². The van der Waals surface area contributed by atoms with E-state index in [0.717, 1.165) is 42.8 Å². The quantitative estimate of drug-likeness (QED) is 0.862. The second-order valence-corrected chi connectivity index (χ2v) is 5.62. The van der Waals surface area contributed by atoms with E-state index in [9.17, 15) is 4.79 Å². The van der Waals surface area contributed by atoms with Crippen LogP contribution in [0.5, 0.6) is 0 Å². The number of rotatable bonds is 5. The van der Waals surface area contributed by atoms with Crippen molar-refractivity contribution in [2.24, 2.45) is 0 Å². The fraction of sp³-hybridized carbons (Fsp3) is 0.500. The minimum atomic E-state index is 0. The molecule has 1 aliphatic rings. The van der Waals surface area contributed by atoms with E-state index in [-0.39, 0.29) is 36.8 Å². The molecule has 1 aromatic heterocycles. The van der Waals surface area contributed by atoms with Crippen LogP contribution in [0.25, 0.3) is 11.0 Å². The molecule has 1 aliphatic heterocycles. The maximum atomic E-state index is 12.2. The molecule has 0 saturated carbocycles. The highest BCUT2D eigenvalue weighted by atomic mass is 35.5. The lowest BCUT2D eigenvalue weighted by Crippen LogP contribution is -2.54. The van der Waals surface area contributed by atoms with Gasteiger partial charge in [0.15, 0.2) is 0 Å². The topological polar surface area (TPSA) is 61.0 Å². The number of benzene rings is 1.